The number of fused-ring (bicyclic) bond motifs is 1. The molecule has 2 aromatic rings. The van der Waals surface area contributed by atoms with Gasteiger partial charge >= 0.3 is 0 Å². The minimum atomic E-state index is 0.238. The lowest BCUT2D eigenvalue weighted by Gasteiger charge is -2.18. The summed E-state index contributed by atoms with van der Waals surface area (Å²) in [7, 11) is 0. The second-order valence-electron chi connectivity index (χ2n) is 4.48. The molecule has 2 nitrogen and oxygen atoms in total. The van der Waals surface area contributed by atoms with Crippen molar-refractivity contribution in [2.75, 3.05) is 13.2 Å². The molecule has 2 heteroatoms. The molecule has 0 aliphatic carbocycles. The summed E-state index contributed by atoms with van der Waals surface area (Å²) in [5, 5.41) is 5.69. The molecule has 1 atom stereocenters. The van der Waals surface area contributed by atoms with E-state index >= 15 is 0 Å². The fraction of sp³-hybridized carbons (Fsp3) is 0.294. The van der Waals surface area contributed by atoms with Crippen molar-refractivity contribution in [3.05, 3.63) is 42.0 Å². The van der Waals surface area contributed by atoms with E-state index in [0.29, 0.717) is 6.61 Å². The quantitative estimate of drug-likeness (QED) is 0.823. The minimum absolute atomic E-state index is 0.238. The zero-order valence-corrected chi connectivity index (χ0v) is 11.4. The summed E-state index contributed by atoms with van der Waals surface area (Å²) in [6.07, 6.45) is 5.31. The highest BCUT2D eigenvalue weighted by molar-refractivity contribution is 5.89. The van der Waals surface area contributed by atoms with Gasteiger partial charge in [-0.15, -0.1) is 6.42 Å². The molecule has 0 fully saturated rings. The molecular weight excluding hydrogens is 234 g/mol. The molecule has 1 N–H and O–H groups in total. The predicted molar refractivity (Wildman–Crippen MR) is 80.4 cm³/mol. The maximum absolute atomic E-state index is 5.79. The predicted octanol–water partition coefficient (Wildman–Crippen LogP) is 3.52. The number of nitrogens with one attached hydrogen (secondary N) is 1. The third kappa shape index (κ3) is 2.89. The molecule has 0 radical (unpaired) electrons. The van der Waals surface area contributed by atoms with Crippen LogP contribution in [0.3, 0.4) is 0 Å². The van der Waals surface area contributed by atoms with E-state index in [2.05, 4.69) is 49.4 Å². The molecule has 0 aromatic heterocycles. The zero-order valence-electron chi connectivity index (χ0n) is 11.4. The molecule has 19 heavy (non-hydrogen) atoms. The average Bonchev–Trinajstić information content (AvgIpc) is 2.44. The van der Waals surface area contributed by atoms with E-state index in [0.717, 1.165) is 23.2 Å². The first-order valence-corrected chi connectivity index (χ1v) is 6.59. The Labute approximate surface area is 114 Å². The lowest BCUT2D eigenvalue weighted by atomic mass is 10.0. The van der Waals surface area contributed by atoms with Crippen LogP contribution < -0.4 is 10.1 Å². The van der Waals surface area contributed by atoms with Gasteiger partial charge in [-0.05, 0) is 18.9 Å². The molecule has 1 unspecified atom stereocenters. The van der Waals surface area contributed by atoms with Gasteiger partial charge in [0.15, 0.2) is 0 Å². The van der Waals surface area contributed by atoms with E-state index in [1.165, 1.54) is 5.39 Å². The molecule has 0 saturated heterocycles. The summed E-state index contributed by atoms with van der Waals surface area (Å²) in [6.45, 7) is 5.44. The number of hydrogen-bond acceptors (Lipinski definition) is 2. The van der Waals surface area contributed by atoms with Crippen molar-refractivity contribution in [1.29, 1.82) is 0 Å². The van der Waals surface area contributed by atoms with Gasteiger partial charge < -0.3 is 10.1 Å². The molecule has 0 amide bonds. The number of hydrogen-bond donors (Lipinski definition) is 1. The van der Waals surface area contributed by atoms with Crippen LogP contribution in [-0.2, 0) is 0 Å². The molecule has 0 saturated carbocycles. The first kappa shape index (κ1) is 13.5. The Morgan fingerprint density at radius 2 is 2.05 bits per heavy atom. The second kappa shape index (κ2) is 6.26. The molecule has 0 spiro atoms. The van der Waals surface area contributed by atoms with Crippen molar-refractivity contribution < 1.29 is 4.74 Å². The first-order valence-electron chi connectivity index (χ1n) is 6.59. The highest BCUT2D eigenvalue weighted by Gasteiger charge is 2.13. The van der Waals surface area contributed by atoms with Crippen LogP contribution >= 0.6 is 0 Å². The Morgan fingerprint density at radius 3 is 2.79 bits per heavy atom. The van der Waals surface area contributed by atoms with Gasteiger partial charge in [0.25, 0.3) is 0 Å². The molecule has 2 rings (SSSR count). The highest BCUT2D eigenvalue weighted by Crippen LogP contribution is 2.33. The van der Waals surface area contributed by atoms with Gasteiger partial charge in [0.1, 0.15) is 12.4 Å². The van der Waals surface area contributed by atoms with E-state index in [-0.39, 0.29) is 6.04 Å². The van der Waals surface area contributed by atoms with E-state index < -0.39 is 0 Å². The Kier molecular flexibility index (Phi) is 4.43. The highest BCUT2D eigenvalue weighted by atomic mass is 16.5. The van der Waals surface area contributed by atoms with Crippen molar-refractivity contribution in [3.63, 3.8) is 0 Å². The summed E-state index contributed by atoms with van der Waals surface area (Å²) in [5.74, 6) is 3.43. The summed E-state index contributed by atoms with van der Waals surface area (Å²) in [4.78, 5) is 0. The molecule has 0 aliphatic rings. The SMILES string of the molecule is C#CCOc1c(C(C)NCC)ccc2ccccc12. The van der Waals surface area contributed by atoms with Crippen LogP contribution in [0.2, 0.25) is 0 Å². The van der Waals surface area contributed by atoms with Crippen molar-refractivity contribution >= 4 is 10.8 Å². The van der Waals surface area contributed by atoms with Crippen molar-refractivity contribution in [2.45, 2.75) is 19.9 Å². The van der Waals surface area contributed by atoms with Crippen molar-refractivity contribution in [2.24, 2.45) is 0 Å². The summed E-state index contributed by atoms with van der Waals surface area (Å²) in [6, 6.07) is 12.7. The van der Waals surface area contributed by atoms with Gasteiger partial charge in [-0.1, -0.05) is 49.2 Å². The number of rotatable bonds is 5. The fourth-order valence-electron chi connectivity index (χ4n) is 2.29. The molecule has 0 aliphatic heterocycles. The normalized spacial score (nSPS) is 12.1. The number of ether oxygens (including phenoxy) is 1. The Balaban J connectivity index is 2.53. The van der Waals surface area contributed by atoms with Gasteiger partial charge in [0.2, 0.25) is 0 Å². The third-order valence-electron chi connectivity index (χ3n) is 3.19. The lowest BCUT2D eigenvalue weighted by molar-refractivity contribution is 0.366. The maximum Gasteiger partial charge on any atom is 0.148 e. The van der Waals surface area contributed by atoms with Crippen LogP contribution in [0, 0.1) is 12.3 Å². The number of terminal acetylenes is 1. The molecule has 2 aromatic carbocycles. The van der Waals surface area contributed by atoms with Gasteiger partial charge in [0, 0.05) is 17.0 Å². The summed E-state index contributed by atoms with van der Waals surface area (Å²) < 4.78 is 5.79. The van der Waals surface area contributed by atoms with Crippen LogP contribution in [0.15, 0.2) is 36.4 Å². The molecule has 98 valence electrons. The van der Waals surface area contributed by atoms with Gasteiger partial charge in [-0.25, -0.2) is 0 Å². The van der Waals surface area contributed by atoms with Crippen LogP contribution in [-0.4, -0.2) is 13.2 Å². The Morgan fingerprint density at radius 1 is 1.26 bits per heavy atom. The van der Waals surface area contributed by atoms with E-state index in [4.69, 9.17) is 11.2 Å². The van der Waals surface area contributed by atoms with Gasteiger partial charge in [0.05, 0.1) is 0 Å². The van der Waals surface area contributed by atoms with E-state index in [1.807, 2.05) is 12.1 Å². The van der Waals surface area contributed by atoms with E-state index in [9.17, 15) is 0 Å². The van der Waals surface area contributed by atoms with Crippen LogP contribution in [0.25, 0.3) is 10.8 Å². The van der Waals surface area contributed by atoms with Crippen LogP contribution in [0.4, 0.5) is 0 Å². The van der Waals surface area contributed by atoms with Crippen LogP contribution in [0.5, 0.6) is 5.75 Å². The molecule has 0 bridgehead atoms. The minimum Gasteiger partial charge on any atom is -0.480 e. The zero-order chi connectivity index (χ0) is 13.7. The van der Waals surface area contributed by atoms with Crippen molar-refractivity contribution in [1.82, 2.24) is 5.32 Å². The Hall–Kier alpha value is -1.98. The average molecular weight is 253 g/mol. The maximum atomic E-state index is 5.79. The van der Waals surface area contributed by atoms with Crippen LogP contribution in [0.1, 0.15) is 25.5 Å². The van der Waals surface area contributed by atoms with Gasteiger partial charge in [-0.3, -0.25) is 0 Å². The van der Waals surface area contributed by atoms with Gasteiger partial charge in [-0.2, -0.15) is 0 Å². The summed E-state index contributed by atoms with van der Waals surface area (Å²) >= 11 is 0. The largest absolute Gasteiger partial charge is 0.480 e. The van der Waals surface area contributed by atoms with Crippen molar-refractivity contribution in [3.8, 4) is 18.1 Å². The monoisotopic (exact) mass is 253 g/mol. The number of benzene rings is 2. The standard InChI is InChI=1S/C17H19NO/c1-4-12-19-17-15(13(3)18-5-2)11-10-14-8-6-7-9-16(14)17/h1,6-11,13,18H,5,12H2,2-3H3. The smallest absolute Gasteiger partial charge is 0.148 e. The fourth-order valence-corrected chi connectivity index (χ4v) is 2.29. The second-order valence-corrected chi connectivity index (χ2v) is 4.48. The Bertz CT molecular complexity index is 598. The lowest BCUT2D eigenvalue weighted by Crippen LogP contribution is -2.18. The molecule has 0 heterocycles. The topological polar surface area (TPSA) is 21.3 Å². The third-order valence-corrected chi connectivity index (χ3v) is 3.19. The summed E-state index contributed by atoms with van der Waals surface area (Å²) in [5.41, 5.74) is 1.15. The van der Waals surface area contributed by atoms with E-state index in [1.54, 1.807) is 0 Å². The molecular formula is C17H19NO. The first-order chi connectivity index (χ1) is 9.27.